The van der Waals surface area contributed by atoms with Gasteiger partial charge in [-0.15, -0.1) is 0 Å². The number of ether oxygens (including phenoxy) is 1. The van der Waals surface area contributed by atoms with Gasteiger partial charge in [0.15, 0.2) is 0 Å². The molecule has 1 aromatic rings. The molecule has 0 radical (unpaired) electrons. The minimum atomic E-state index is -0.572. The van der Waals surface area contributed by atoms with Gasteiger partial charge in [0, 0.05) is 11.8 Å². The third-order valence-corrected chi connectivity index (χ3v) is 6.03. The fourth-order valence-electron chi connectivity index (χ4n) is 4.70. The number of benzene rings is 1. The lowest BCUT2D eigenvalue weighted by atomic mass is 9.85. The second kappa shape index (κ2) is 6.34. The van der Waals surface area contributed by atoms with Crippen LogP contribution in [0.2, 0.25) is 5.02 Å². The third kappa shape index (κ3) is 2.48. The van der Waals surface area contributed by atoms with Crippen LogP contribution in [-0.2, 0) is 14.3 Å². The van der Waals surface area contributed by atoms with Crippen LogP contribution in [0.4, 0.5) is 5.69 Å². The molecule has 1 heterocycles. The number of esters is 1. The number of carbonyl (C=O) groups excluding carboxylic acids is 3. The first-order chi connectivity index (χ1) is 12.9. The Kier molecular flexibility index (Phi) is 4.22. The van der Waals surface area contributed by atoms with E-state index in [0.29, 0.717) is 5.69 Å². The summed E-state index contributed by atoms with van der Waals surface area (Å²) in [5.41, 5.74) is 2.90. The molecule has 1 aromatic carbocycles. The van der Waals surface area contributed by atoms with Gasteiger partial charge in [-0.1, -0.05) is 34.9 Å². The maximum atomic E-state index is 13.1. The summed E-state index contributed by atoms with van der Waals surface area (Å²) in [6.45, 7) is 5.97. The largest absolute Gasteiger partial charge is 0.462 e. The summed E-state index contributed by atoms with van der Waals surface area (Å²) in [5, 5.41) is 0.227. The van der Waals surface area contributed by atoms with Crippen molar-refractivity contribution in [2.75, 3.05) is 11.5 Å². The lowest BCUT2D eigenvalue weighted by molar-refractivity contribution is -0.122. The number of anilines is 1. The van der Waals surface area contributed by atoms with Crippen molar-refractivity contribution in [2.24, 2.45) is 23.7 Å². The highest BCUT2D eigenvalue weighted by Gasteiger charge is 2.61. The maximum Gasteiger partial charge on any atom is 0.339 e. The molecule has 0 spiro atoms. The van der Waals surface area contributed by atoms with Crippen molar-refractivity contribution in [1.29, 1.82) is 0 Å². The molecule has 2 aliphatic carbocycles. The number of amides is 2. The monoisotopic (exact) mass is 385 g/mol. The Labute approximate surface area is 162 Å². The molecule has 4 rings (SSSR count). The van der Waals surface area contributed by atoms with Crippen LogP contribution < -0.4 is 4.90 Å². The van der Waals surface area contributed by atoms with Crippen LogP contribution in [0.25, 0.3) is 0 Å². The Morgan fingerprint density at radius 1 is 1.11 bits per heavy atom. The molecule has 1 saturated heterocycles. The van der Waals surface area contributed by atoms with Gasteiger partial charge in [-0.2, -0.15) is 0 Å². The smallest absolute Gasteiger partial charge is 0.339 e. The fraction of sp³-hybridized carbons (Fsp3) is 0.381. The zero-order valence-electron chi connectivity index (χ0n) is 15.4. The average Bonchev–Trinajstić information content (AvgIpc) is 3.26. The quantitative estimate of drug-likeness (QED) is 0.451. The lowest BCUT2D eigenvalue weighted by Crippen LogP contribution is -2.33. The third-order valence-electron chi connectivity index (χ3n) is 5.70. The molecule has 2 amide bonds. The summed E-state index contributed by atoms with van der Waals surface area (Å²) in [4.78, 5) is 39.6. The van der Waals surface area contributed by atoms with Gasteiger partial charge in [-0.25, -0.2) is 9.69 Å². The fourth-order valence-corrected chi connectivity index (χ4v) is 4.90. The van der Waals surface area contributed by atoms with E-state index in [0.717, 1.165) is 0 Å². The van der Waals surface area contributed by atoms with Crippen LogP contribution >= 0.6 is 11.6 Å². The Morgan fingerprint density at radius 2 is 1.70 bits per heavy atom. The van der Waals surface area contributed by atoms with Crippen molar-refractivity contribution in [3.05, 3.63) is 52.1 Å². The standard InChI is InChI=1S/C21H20ClNO4/c1-4-27-21(26)14-9-11(5-8-15(14)22)23-19(24)17-12-6-7-13(16(12)10(2)3)18(17)20(23)25/h5-9,12-13,17-18H,4H2,1-3H3/t12-,13+,17-,18-/m0/s1. The summed E-state index contributed by atoms with van der Waals surface area (Å²) in [6, 6.07) is 4.58. The number of fused-ring (bicyclic) bond motifs is 5. The SMILES string of the molecule is CCOC(=O)c1cc(N2C(=O)[C@@H]3[C@@H](C2=O)[C@H]2C=C[C@@H]3C2=C(C)C)ccc1Cl. The van der Waals surface area contributed by atoms with Crippen molar-refractivity contribution in [3.8, 4) is 0 Å². The molecular weight excluding hydrogens is 366 g/mol. The van der Waals surface area contributed by atoms with Gasteiger partial charge >= 0.3 is 5.97 Å². The summed E-state index contributed by atoms with van der Waals surface area (Å²) in [5.74, 6) is -1.74. The number of imide groups is 1. The van der Waals surface area contributed by atoms with Gasteiger partial charge in [-0.05, 0) is 39.0 Å². The van der Waals surface area contributed by atoms with E-state index >= 15 is 0 Å². The summed E-state index contributed by atoms with van der Waals surface area (Å²) < 4.78 is 5.01. The van der Waals surface area contributed by atoms with Gasteiger partial charge in [0.05, 0.1) is 34.7 Å². The molecule has 6 heteroatoms. The van der Waals surface area contributed by atoms with Gasteiger partial charge in [0.2, 0.25) is 11.8 Å². The van der Waals surface area contributed by atoms with E-state index in [-0.39, 0.29) is 52.7 Å². The lowest BCUT2D eigenvalue weighted by Gasteiger charge is -2.20. The van der Waals surface area contributed by atoms with Crippen LogP contribution in [-0.4, -0.2) is 24.4 Å². The molecule has 1 aliphatic heterocycles. The number of hydrogen-bond acceptors (Lipinski definition) is 4. The predicted molar refractivity (Wildman–Crippen MR) is 101 cm³/mol. The van der Waals surface area contributed by atoms with Crippen molar-refractivity contribution in [3.63, 3.8) is 0 Å². The van der Waals surface area contributed by atoms with Crippen molar-refractivity contribution < 1.29 is 19.1 Å². The van der Waals surface area contributed by atoms with E-state index in [9.17, 15) is 14.4 Å². The Balaban J connectivity index is 1.72. The number of carbonyl (C=O) groups is 3. The van der Waals surface area contributed by atoms with Gasteiger partial charge in [0.1, 0.15) is 0 Å². The second-order valence-corrected chi connectivity index (χ2v) is 7.75. The van der Waals surface area contributed by atoms with Crippen LogP contribution in [0, 0.1) is 23.7 Å². The Morgan fingerprint density at radius 3 is 2.22 bits per heavy atom. The summed E-state index contributed by atoms with van der Waals surface area (Å²) in [6.07, 6.45) is 4.10. The van der Waals surface area contributed by atoms with E-state index in [4.69, 9.17) is 16.3 Å². The molecule has 1 saturated carbocycles. The van der Waals surface area contributed by atoms with E-state index in [2.05, 4.69) is 12.2 Å². The number of nitrogens with zero attached hydrogens (tertiary/aromatic N) is 1. The number of allylic oxidation sites excluding steroid dienone is 4. The molecule has 2 bridgehead atoms. The molecule has 0 unspecified atom stereocenters. The number of rotatable bonds is 3. The first-order valence-corrected chi connectivity index (χ1v) is 9.44. The van der Waals surface area contributed by atoms with Gasteiger partial charge in [0.25, 0.3) is 0 Å². The van der Waals surface area contributed by atoms with E-state index in [1.165, 1.54) is 28.2 Å². The highest BCUT2D eigenvalue weighted by atomic mass is 35.5. The van der Waals surface area contributed by atoms with Crippen molar-refractivity contribution in [2.45, 2.75) is 20.8 Å². The topological polar surface area (TPSA) is 63.7 Å². The Hall–Kier alpha value is -2.40. The van der Waals surface area contributed by atoms with E-state index < -0.39 is 5.97 Å². The molecule has 27 heavy (non-hydrogen) atoms. The van der Waals surface area contributed by atoms with Crippen LogP contribution in [0.15, 0.2) is 41.5 Å². The first-order valence-electron chi connectivity index (χ1n) is 9.06. The minimum absolute atomic E-state index is 0.0109. The Bertz CT molecular complexity index is 894. The highest BCUT2D eigenvalue weighted by Crippen LogP contribution is 2.57. The highest BCUT2D eigenvalue weighted by molar-refractivity contribution is 6.34. The van der Waals surface area contributed by atoms with Gasteiger partial charge in [-0.3, -0.25) is 9.59 Å². The molecule has 2 fully saturated rings. The molecule has 140 valence electrons. The number of halogens is 1. The zero-order valence-corrected chi connectivity index (χ0v) is 16.1. The first kappa shape index (κ1) is 18.0. The molecule has 4 atom stereocenters. The predicted octanol–water partition coefficient (Wildman–Crippen LogP) is 3.77. The average molecular weight is 386 g/mol. The van der Waals surface area contributed by atoms with E-state index in [1.54, 1.807) is 13.0 Å². The van der Waals surface area contributed by atoms with Crippen LogP contribution in [0.3, 0.4) is 0 Å². The zero-order chi connectivity index (χ0) is 19.5. The summed E-state index contributed by atoms with van der Waals surface area (Å²) in [7, 11) is 0. The van der Waals surface area contributed by atoms with Crippen LogP contribution in [0.1, 0.15) is 31.1 Å². The second-order valence-electron chi connectivity index (χ2n) is 7.34. The van der Waals surface area contributed by atoms with Crippen molar-refractivity contribution in [1.82, 2.24) is 0 Å². The maximum absolute atomic E-state index is 13.1. The molecule has 0 aromatic heterocycles. The minimum Gasteiger partial charge on any atom is -0.462 e. The van der Waals surface area contributed by atoms with Gasteiger partial charge < -0.3 is 4.74 Å². The molecule has 0 N–H and O–H groups in total. The van der Waals surface area contributed by atoms with Crippen LogP contribution in [0.5, 0.6) is 0 Å². The normalized spacial score (nSPS) is 28.1. The number of hydrogen-bond donors (Lipinski definition) is 0. The van der Waals surface area contributed by atoms with Crippen molar-refractivity contribution >= 4 is 35.1 Å². The summed E-state index contributed by atoms with van der Waals surface area (Å²) >= 11 is 6.11. The molecule has 3 aliphatic rings. The molecule has 5 nitrogen and oxygen atoms in total. The van der Waals surface area contributed by atoms with E-state index in [1.807, 2.05) is 13.8 Å². The molecular formula is C21H20ClNO4.